The van der Waals surface area contributed by atoms with Gasteiger partial charge in [-0.1, -0.05) is 6.92 Å². The van der Waals surface area contributed by atoms with Crippen molar-refractivity contribution in [1.82, 2.24) is 0 Å². The van der Waals surface area contributed by atoms with Gasteiger partial charge in [-0.15, -0.1) is 0 Å². The molecule has 1 saturated heterocycles. The summed E-state index contributed by atoms with van der Waals surface area (Å²) in [6.07, 6.45) is -1.25. The molecule has 2 aliphatic carbocycles. The Bertz CT molecular complexity index is 551. The smallest absolute Gasteiger partial charge is 0.330 e. The summed E-state index contributed by atoms with van der Waals surface area (Å²) in [5, 5.41) is 19.7. The number of hydrogen-bond acceptors (Lipinski definition) is 6. The summed E-state index contributed by atoms with van der Waals surface area (Å²) >= 11 is 0. The van der Waals surface area contributed by atoms with E-state index in [4.69, 9.17) is 9.47 Å². The summed E-state index contributed by atoms with van der Waals surface area (Å²) in [7, 11) is 0. The molecule has 21 heavy (non-hydrogen) atoms. The fourth-order valence-corrected chi connectivity index (χ4v) is 3.76. The molecule has 0 spiro atoms. The molecule has 2 bridgehead atoms. The highest BCUT2D eigenvalue weighted by Gasteiger charge is 2.77. The van der Waals surface area contributed by atoms with Gasteiger partial charge in [-0.05, 0) is 26.7 Å². The zero-order chi connectivity index (χ0) is 15.6. The lowest BCUT2D eigenvalue weighted by molar-refractivity contribution is -0.172. The van der Waals surface area contributed by atoms with Gasteiger partial charge in [-0.25, -0.2) is 0 Å². The van der Waals surface area contributed by atoms with E-state index in [-0.39, 0.29) is 11.9 Å². The number of hydrogen-bond donors (Lipinski definition) is 1. The van der Waals surface area contributed by atoms with Crippen LogP contribution in [0, 0.1) is 34.0 Å². The minimum absolute atomic E-state index is 0.361. The molecule has 114 valence electrons. The van der Waals surface area contributed by atoms with Crippen molar-refractivity contribution in [2.75, 3.05) is 0 Å². The fraction of sp³-hybridized carbons (Fsp3) is 0.800. The highest BCUT2D eigenvalue weighted by atomic mass is 16.6. The second-order valence-electron chi connectivity index (χ2n) is 6.91. The third-order valence-corrected chi connectivity index (χ3v) is 5.57. The Balaban J connectivity index is 1.86. The van der Waals surface area contributed by atoms with Crippen molar-refractivity contribution in [3.8, 4) is 6.07 Å². The van der Waals surface area contributed by atoms with E-state index in [2.05, 4.69) is 0 Å². The van der Waals surface area contributed by atoms with E-state index in [0.29, 0.717) is 12.8 Å². The molecule has 0 aromatic heterocycles. The monoisotopic (exact) mass is 293 g/mol. The van der Waals surface area contributed by atoms with E-state index in [1.807, 2.05) is 13.0 Å². The lowest BCUT2D eigenvalue weighted by Gasteiger charge is -2.33. The number of nitriles is 1. The molecule has 3 aliphatic rings. The molecular formula is C15H19NO5. The second-order valence-corrected chi connectivity index (χ2v) is 6.91. The molecule has 1 aliphatic heterocycles. The van der Waals surface area contributed by atoms with Crippen molar-refractivity contribution in [2.24, 2.45) is 22.7 Å². The average Bonchev–Trinajstić information content (AvgIpc) is 3.01. The van der Waals surface area contributed by atoms with Gasteiger partial charge in [0.2, 0.25) is 0 Å². The Kier molecular flexibility index (Phi) is 2.87. The number of nitrogens with zero attached hydrogens (tertiary/aromatic N) is 1. The maximum absolute atomic E-state index is 12.2. The van der Waals surface area contributed by atoms with Gasteiger partial charge in [0, 0.05) is 11.8 Å². The normalized spacial score (nSPS) is 43.6. The lowest BCUT2D eigenvalue weighted by Crippen LogP contribution is -2.50. The minimum Gasteiger partial charge on any atom is -0.458 e. The second kappa shape index (κ2) is 4.20. The van der Waals surface area contributed by atoms with Crippen LogP contribution in [0.25, 0.3) is 0 Å². The zero-order valence-electron chi connectivity index (χ0n) is 12.3. The van der Waals surface area contributed by atoms with Crippen LogP contribution in [0.15, 0.2) is 0 Å². The zero-order valence-corrected chi connectivity index (χ0v) is 12.3. The van der Waals surface area contributed by atoms with Gasteiger partial charge < -0.3 is 14.6 Å². The molecule has 1 N–H and O–H groups in total. The number of carbonyl (C=O) groups is 2. The maximum atomic E-state index is 12.2. The largest absolute Gasteiger partial charge is 0.458 e. The predicted molar refractivity (Wildman–Crippen MR) is 69.5 cm³/mol. The van der Waals surface area contributed by atoms with Crippen LogP contribution in [-0.4, -0.2) is 35.4 Å². The highest BCUT2D eigenvalue weighted by Crippen LogP contribution is 2.62. The van der Waals surface area contributed by atoms with E-state index < -0.39 is 41.0 Å². The summed E-state index contributed by atoms with van der Waals surface area (Å²) in [6, 6.07) is 1.95. The Morgan fingerprint density at radius 2 is 2.29 bits per heavy atom. The molecule has 6 heteroatoms. The Morgan fingerprint density at radius 1 is 1.62 bits per heavy atom. The topological polar surface area (TPSA) is 96.6 Å². The van der Waals surface area contributed by atoms with Crippen molar-refractivity contribution in [1.29, 1.82) is 5.26 Å². The molecule has 6 unspecified atom stereocenters. The van der Waals surface area contributed by atoms with Crippen LogP contribution in [0.5, 0.6) is 0 Å². The van der Waals surface area contributed by atoms with Gasteiger partial charge in [-0.3, -0.25) is 9.59 Å². The average molecular weight is 293 g/mol. The van der Waals surface area contributed by atoms with Crippen LogP contribution in [0.4, 0.5) is 0 Å². The minimum atomic E-state index is -1.46. The lowest BCUT2D eigenvalue weighted by atomic mass is 9.72. The van der Waals surface area contributed by atoms with Gasteiger partial charge in [0.25, 0.3) is 0 Å². The van der Waals surface area contributed by atoms with Crippen molar-refractivity contribution < 1.29 is 24.2 Å². The first-order chi connectivity index (χ1) is 9.79. The van der Waals surface area contributed by atoms with Crippen LogP contribution < -0.4 is 0 Å². The Hall–Kier alpha value is -1.61. The Morgan fingerprint density at radius 3 is 2.86 bits per heavy atom. The molecule has 1 heterocycles. The number of ether oxygens (including phenoxy) is 2. The Labute approximate surface area is 123 Å². The summed E-state index contributed by atoms with van der Waals surface area (Å²) < 4.78 is 10.8. The number of esters is 2. The third-order valence-electron chi connectivity index (χ3n) is 5.57. The molecule has 2 saturated carbocycles. The van der Waals surface area contributed by atoms with Gasteiger partial charge in [0.1, 0.15) is 12.2 Å². The van der Waals surface area contributed by atoms with Crippen LogP contribution in [-0.2, 0) is 19.1 Å². The fourth-order valence-electron chi connectivity index (χ4n) is 3.76. The first kappa shape index (κ1) is 14.3. The first-order valence-corrected chi connectivity index (χ1v) is 7.31. The van der Waals surface area contributed by atoms with E-state index in [1.165, 1.54) is 0 Å². The molecule has 3 rings (SSSR count). The molecule has 6 atom stereocenters. The van der Waals surface area contributed by atoms with E-state index >= 15 is 0 Å². The summed E-state index contributed by atoms with van der Waals surface area (Å²) in [5.74, 6) is -1.82. The third kappa shape index (κ3) is 1.55. The first-order valence-electron chi connectivity index (χ1n) is 7.31. The molecule has 0 aromatic carbocycles. The van der Waals surface area contributed by atoms with Crippen LogP contribution in [0.3, 0.4) is 0 Å². The number of aliphatic hydroxyl groups excluding tert-OH is 1. The van der Waals surface area contributed by atoms with Gasteiger partial charge in [0.05, 0.1) is 17.6 Å². The summed E-state index contributed by atoms with van der Waals surface area (Å²) in [6.45, 7) is 5.48. The molecule has 0 aromatic rings. The number of rotatable bonds is 3. The molecular weight excluding hydrogens is 274 g/mol. The molecule has 0 radical (unpaired) electrons. The summed E-state index contributed by atoms with van der Waals surface area (Å²) in [4.78, 5) is 24.2. The number of carbonyl (C=O) groups excluding carboxylic acids is 2. The highest BCUT2D eigenvalue weighted by molar-refractivity contribution is 5.85. The van der Waals surface area contributed by atoms with Crippen LogP contribution >= 0.6 is 0 Å². The summed E-state index contributed by atoms with van der Waals surface area (Å²) in [5.41, 5.74) is -2.08. The van der Waals surface area contributed by atoms with E-state index in [1.54, 1.807) is 13.8 Å². The van der Waals surface area contributed by atoms with Crippen LogP contribution in [0.2, 0.25) is 0 Å². The van der Waals surface area contributed by atoms with Crippen molar-refractivity contribution >= 4 is 11.9 Å². The predicted octanol–water partition coefficient (Wildman–Crippen LogP) is 0.780. The van der Waals surface area contributed by atoms with Gasteiger partial charge >= 0.3 is 11.9 Å². The van der Waals surface area contributed by atoms with Crippen molar-refractivity contribution in [2.45, 2.75) is 51.9 Å². The van der Waals surface area contributed by atoms with Crippen LogP contribution in [0.1, 0.15) is 33.6 Å². The number of aliphatic hydroxyl groups is 1. The molecule has 0 amide bonds. The molecule has 6 nitrogen and oxygen atoms in total. The van der Waals surface area contributed by atoms with E-state index in [0.717, 1.165) is 0 Å². The van der Waals surface area contributed by atoms with Gasteiger partial charge in [0.15, 0.2) is 5.41 Å². The SMILES string of the molecule is CCC(C)(C)C(=O)OC1C2CC3C1OC(=O)C3(C#N)C2O. The molecule has 3 fully saturated rings. The van der Waals surface area contributed by atoms with Gasteiger partial charge in [-0.2, -0.15) is 5.26 Å². The van der Waals surface area contributed by atoms with Crippen molar-refractivity contribution in [3.05, 3.63) is 0 Å². The maximum Gasteiger partial charge on any atom is 0.330 e. The standard InChI is InChI=1S/C15H19NO5/c1-4-14(2,3)12(18)20-9-7-5-8-10(9)21-13(19)15(8,6-16)11(7)17/h7-11,17H,4-5H2,1-3H3. The van der Waals surface area contributed by atoms with E-state index in [9.17, 15) is 20.0 Å². The quantitative estimate of drug-likeness (QED) is 0.772. The van der Waals surface area contributed by atoms with Crippen molar-refractivity contribution in [3.63, 3.8) is 0 Å². The number of fused-ring (bicyclic) bond motifs is 1.